The Bertz CT molecular complexity index is 1320. The van der Waals surface area contributed by atoms with Gasteiger partial charge in [-0.05, 0) is 83.3 Å². The molecule has 0 radical (unpaired) electrons. The Morgan fingerprint density at radius 3 is 2.42 bits per heavy atom. The maximum atomic E-state index is 15.1. The van der Waals surface area contributed by atoms with Crippen LogP contribution in [-0.2, 0) is 20.9 Å². The summed E-state index contributed by atoms with van der Waals surface area (Å²) in [7, 11) is 4.86. The lowest BCUT2D eigenvalue weighted by molar-refractivity contribution is -0.137. The van der Waals surface area contributed by atoms with E-state index in [1.807, 2.05) is 42.5 Å². The minimum atomic E-state index is -0.785. The fourth-order valence-corrected chi connectivity index (χ4v) is 5.56. The summed E-state index contributed by atoms with van der Waals surface area (Å²) in [6.07, 6.45) is 1.85. The van der Waals surface area contributed by atoms with Gasteiger partial charge in [0.05, 0.1) is 26.2 Å². The van der Waals surface area contributed by atoms with Gasteiger partial charge in [-0.25, -0.2) is 4.39 Å². The Hall–Kier alpha value is -3.42. The highest BCUT2D eigenvalue weighted by Gasteiger charge is 2.35. The van der Waals surface area contributed by atoms with Gasteiger partial charge in [-0.3, -0.25) is 4.79 Å². The number of benzene rings is 3. The van der Waals surface area contributed by atoms with E-state index in [1.165, 1.54) is 6.07 Å². The summed E-state index contributed by atoms with van der Waals surface area (Å²) < 4.78 is 38.2. The van der Waals surface area contributed by atoms with Gasteiger partial charge in [0.25, 0.3) is 0 Å². The molecule has 7 heteroatoms. The average molecular weight is 551 g/mol. The van der Waals surface area contributed by atoms with E-state index in [0.29, 0.717) is 35.2 Å². The minimum absolute atomic E-state index is 0.00447. The fraction of sp³-hybridized carbons (Fsp3) is 0.424. The molecule has 2 atom stereocenters. The van der Waals surface area contributed by atoms with Crippen molar-refractivity contribution in [3.63, 3.8) is 0 Å². The lowest BCUT2D eigenvalue weighted by Gasteiger charge is -2.34. The van der Waals surface area contributed by atoms with Crippen molar-refractivity contribution in [2.45, 2.75) is 51.7 Å². The lowest BCUT2D eigenvalue weighted by atomic mass is 9.80. The second kappa shape index (κ2) is 12.8. The molecule has 1 unspecified atom stereocenters. The van der Waals surface area contributed by atoms with Crippen molar-refractivity contribution in [1.82, 2.24) is 0 Å². The molecule has 0 spiro atoms. The highest BCUT2D eigenvalue weighted by atomic mass is 19.1. The van der Waals surface area contributed by atoms with Crippen LogP contribution in [0.5, 0.6) is 11.5 Å². The first-order valence-corrected chi connectivity index (χ1v) is 13.6. The summed E-state index contributed by atoms with van der Waals surface area (Å²) in [5.74, 6) is 0.518. The van der Waals surface area contributed by atoms with Gasteiger partial charge < -0.3 is 24.1 Å². The van der Waals surface area contributed by atoms with Gasteiger partial charge in [-0.1, -0.05) is 38.1 Å². The predicted octanol–water partition coefficient (Wildman–Crippen LogP) is 7.41. The van der Waals surface area contributed by atoms with Crippen LogP contribution in [-0.4, -0.2) is 39.0 Å². The summed E-state index contributed by atoms with van der Waals surface area (Å²) in [5.41, 5.74) is 3.43. The quantitative estimate of drug-likeness (QED) is 0.225. The van der Waals surface area contributed by atoms with Gasteiger partial charge in [0.1, 0.15) is 23.9 Å². The highest BCUT2D eigenvalue weighted by Crippen LogP contribution is 2.45. The highest BCUT2D eigenvalue weighted by molar-refractivity contribution is 5.71. The molecule has 0 saturated heterocycles. The molecule has 4 rings (SSSR count). The van der Waals surface area contributed by atoms with E-state index >= 15 is 4.39 Å². The van der Waals surface area contributed by atoms with E-state index in [9.17, 15) is 9.90 Å². The van der Waals surface area contributed by atoms with Gasteiger partial charge in [-0.2, -0.15) is 0 Å². The number of carboxylic acids is 1. The van der Waals surface area contributed by atoms with Crippen molar-refractivity contribution in [1.29, 1.82) is 0 Å². The van der Waals surface area contributed by atoms with Gasteiger partial charge >= 0.3 is 5.97 Å². The molecule has 1 aliphatic carbocycles. The first-order valence-electron chi connectivity index (χ1n) is 13.6. The maximum Gasteiger partial charge on any atom is 0.303 e. The van der Waals surface area contributed by atoms with Crippen LogP contribution in [0.2, 0.25) is 0 Å². The molecule has 0 bridgehead atoms. The summed E-state index contributed by atoms with van der Waals surface area (Å²) in [6.45, 7) is 4.83. The first-order chi connectivity index (χ1) is 19.2. The number of carbonyl (C=O) groups is 1. The number of hydrogen-bond donors (Lipinski definition) is 1. The Morgan fingerprint density at radius 2 is 1.77 bits per heavy atom. The van der Waals surface area contributed by atoms with Gasteiger partial charge in [-0.15, -0.1) is 0 Å². The van der Waals surface area contributed by atoms with Crippen LogP contribution in [0.4, 0.5) is 4.39 Å². The van der Waals surface area contributed by atoms with Crippen molar-refractivity contribution in [3.8, 4) is 22.6 Å². The number of aliphatic carboxylic acids is 1. The van der Waals surface area contributed by atoms with Crippen molar-refractivity contribution in [2.75, 3.05) is 27.9 Å². The zero-order valence-electron chi connectivity index (χ0n) is 23.9. The fourth-order valence-electron chi connectivity index (χ4n) is 5.56. The maximum absolute atomic E-state index is 15.1. The topological polar surface area (TPSA) is 74.2 Å². The molecule has 3 aromatic carbocycles. The van der Waals surface area contributed by atoms with Crippen molar-refractivity contribution >= 4 is 5.97 Å². The standard InChI is InChI=1S/C33H39FO6/c1-33(2,20-37-3)32(39-5)29-15-21(9-13-26(29)28-17-24(38-4)12-14-30(28)34)19-40-25-8-6-7-23(16-25)27(18-31(35)36)22-10-11-22/h6-9,12-17,22,27,32H,10-11,18-20H2,1-5H3,(H,35,36)/t27-,32?/m0/s1. The molecule has 1 saturated carbocycles. The van der Waals surface area contributed by atoms with Crippen LogP contribution in [0.15, 0.2) is 60.7 Å². The second-order valence-electron chi connectivity index (χ2n) is 11.2. The van der Waals surface area contributed by atoms with E-state index < -0.39 is 17.5 Å². The van der Waals surface area contributed by atoms with E-state index in [-0.39, 0.29) is 24.8 Å². The zero-order valence-corrected chi connectivity index (χ0v) is 23.9. The molecule has 214 valence electrons. The third-order valence-electron chi connectivity index (χ3n) is 7.60. The molecule has 1 fully saturated rings. The van der Waals surface area contributed by atoms with Gasteiger partial charge in [0, 0.05) is 25.2 Å². The van der Waals surface area contributed by atoms with Crippen LogP contribution in [0.3, 0.4) is 0 Å². The molecular weight excluding hydrogens is 511 g/mol. The van der Waals surface area contributed by atoms with Crippen LogP contribution >= 0.6 is 0 Å². The van der Waals surface area contributed by atoms with Crippen molar-refractivity contribution in [3.05, 3.63) is 83.2 Å². The summed E-state index contributed by atoms with van der Waals surface area (Å²) in [4.78, 5) is 11.4. The monoisotopic (exact) mass is 550 g/mol. The van der Waals surface area contributed by atoms with E-state index in [2.05, 4.69) is 13.8 Å². The summed E-state index contributed by atoms with van der Waals surface area (Å²) in [6, 6.07) is 18.3. The van der Waals surface area contributed by atoms with Crippen LogP contribution in [0, 0.1) is 17.2 Å². The number of rotatable bonds is 14. The average Bonchev–Trinajstić information content (AvgIpc) is 3.77. The Kier molecular flexibility index (Phi) is 9.48. The second-order valence-corrected chi connectivity index (χ2v) is 11.2. The van der Waals surface area contributed by atoms with Crippen LogP contribution in [0.1, 0.15) is 61.8 Å². The van der Waals surface area contributed by atoms with Crippen molar-refractivity contribution in [2.24, 2.45) is 11.3 Å². The third-order valence-corrected chi connectivity index (χ3v) is 7.60. The van der Waals surface area contributed by atoms with Crippen molar-refractivity contribution < 1.29 is 33.2 Å². The molecular formula is C33H39FO6. The van der Waals surface area contributed by atoms with Gasteiger partial charge in [0.15, 0.2) is 0 Å². The van der Waals surface area contributed by atoms with Crippen LogP contribution < -0.4 is 9.47 Å². The van der Waals surface area contributed by atoms with E-state index in [1.54, 1.807) is 33.5 Å². The molecule has 6 nitrogen and oxygen atoms in total. The molecule has 3 aromatic rings. The lowest BCUT2D eigenvalue weighted by Crippen LogP contribution is -2.29. The molecule has 1 aliphatic rings. The molecule has 0 aromatic heterocycles. The zero-order chi connectivity index (χ0) is 28.9. The Morgan fingerprint density at radius 1 is 1.00 bits per heavy atom. The number of carboxylic acid groups (broad SMARTS) is 1. The van der Waals surface area contributed by atoms with Crippen LogP contribution in [0.25, 0.3) is 11.1 Å². The Labute approximate surface area is 236 Å². The molecule has 0 amide bonds. The summed E-state index contributed by atoms with van der Waals surface area (Å²) >= 11 is 0. The largest absolute Gasteiger partial charge is 0.497 e. The predicted molar refractivity (Wildman–Crippen MR) is 152 cm³/mol. The molecule has 1 N–H and O–H groups in total. The normalized spacial score (nSPS) is 14.9. The number of halogens is 1. The van der Waals surface area contributed by atoms with Gasteiger partial charge in [0.2, 0.25) is 0 Å². The number of ether oxygens (including phenoxy) is 4. The number of hydrogen-bond acceptors (Lipinski definition) is 5. The molecule has 0 heterocycles. The Balaban J connectivity index is 1.66. The van der Waals surface area contributed by atoms with E-state index in [4.69, 9.17) is 18.9 Å². The first kappa shape index (κ1) is 29.6. The SMILES string of the molecule is COCC(C)(C)C(OC)c1cc(COc2cccc([C@@H](CC(=O)O)C3CC3)c2)ccc1-c1cc(OC)ccc1F. The van der Waals surface area contributed by atoms with E-state index in [0.717, 1.165) is 29.5 Å². The molecule has 0 aliphatic heterocycles. The molecule has 40 heavy (non-hydrogen) atoms. The smallest absolute Gasteiger partial charge is 0.303 e. The minimum Gasteiger partial charge on any atom is -0.497 e. The summed E-state index contributed by atoms with van der Waals surface area (Å²) in [5, 5.41) is 9.40. The number of methoxy groups -OCH3 is 3. The third kappa shape index (κ3) is 7.01.